The third-order valence-electron chi connectivity index (χ3n) is 3.37. The first-order valence-electron chi connectivity index (χ1n) is 6.15. The van der Waals surface area contributed by atoms with Gasteiger partial charge in [0.1, 0.15) is 5.04 Å². The van der Waals surface area contributed by atoms with Crippen LogP contribution in [0.1, 0.15) is 11.1 Å². The molecule has 1 spiro atoms. The van der Waals surface area contributed by atoms with Crippen molar-refractivity contribution in [1.29, 1.82) is 0 Å². The maximum Gasteiger partial charge on any atom is 0.267 e. The first-order chi connectivity index (χ1) is 9.79. The van der Waals surface area contributed by atoms with E-state index in [-0.39, 0.29) is 5.91 Å². The Morgan fingerprint density at radius 3 is 2.75 bits per heavy atom. The smallest absolute Gasteiger partial charge is 0.267 e. The standard InChI is InChI=1S/C14H10N4OS/c19-13-14(10-3-1-2-4-11(10)16-13)18-17-12(20-14)9-5-7-15-8-6-9/h1-8,18H,(H,16,19). The fourth-order valence-electron chi connectivity index (χ4n) is 2.38. The number of hydrazone groups is 1. The van der Waals surface area contributed by atoms with Gasteiger partial charge in [0.25, 0.3) is 5.91 Å². The number of nitrogens with one attached hydrogen (secondary N) is 2. The highest BCUT2D eigenvalue weighted by molar-refractivity contribution is 8.16. The van der Waals surface area contributed by atoms with Gasteiger partial charge in [-0.05, 0) is 18.2 Å². The number of nitrogens with zero attached hydrogens (tertiary/aromatic N) is 2. The van der Waals surface area contributed by atoms with Crippen molar-refractivity contribution in [2.75, 3.05) is 5.32 Å². The molecule has 1 unspecified atom stereocenters. The molecule has 98 valence electrons. The number of thioether (sulfide) groups is 1. The van der Waals surface area contributed by atoms with Gasteiger partial charge in [-0.15, -0.1) is 0 Å². The maximum absolute atomic E-state index is 12.4. The summed E-state index contributed by atoms with van der Waals surface area (Å²) in [5, 5.41) is 8.02. The molecule has 0 aliphatic carbocycles. The molecule has 1 aromatic carbocycles. The Morgan fingerprint density at radius 2 is 1.90 bits per heavy atom. The van der Waals surface area contributed by atoms with Gasteiger partial charge in [0.05, 0.1) is 0 Å². The third-order valence-corrected chi connectivity index (χ3v) is 4.69. The first kappa shape index (κ1) is 11.5. The van der Waals surface area contributed by atoms with E-state index in [9.17, 15) is 4.79 Å². The minimum Gasteiger partial charge on any atom is -0.323 e. The topological polar surface area (TPSA) is 66.4 Å². The van der Waals surface area contributed by atoms with E-state index in [4.69, 9.17) is 0 Å². The SMILES string of the molecule is O=C1Nc2ccccc2C12NN=C(c1ccncc1)S2. The van der Waals surface area contributed by atoms with Crippen LogP contribution >= 0.6 is 11.8 Å². The number of para-hydroxylation sites is 1. The molecule has 2 aliphatic rings. The molecule has 1 atom stereocenters. The molecule has 0 saturated carbocycles. The summed E-state index contributed by atoms with van der Waals surface area (Å²) in [4.78, 5) is 15.5. The lowest BCUT2D eigenvalue weighted by molar-refractivity contribution is -0.118. The van der Waals surface area contributed by atoms with E-state index in [0.29, 0.717) is 0 Å². The van der Waals surface area contributed by atoms with Gasteiger partial charge in [-0.1, -0.05) is 30.0 Å². The first-order valence-corrected chi connectivity index (χ1v) is 6.96. The van der Waals surface area contributed by atoms with Crippen molar-refractivity contribution in [2.24, 2.45) is 5.10 Å². The van der Waals surface area contributed by atoms with Crippen LogP contribution in [-0.4, -0.2) is 15.9 Å². The molecule has 1 amide bonds. The van der Waals surface area contributed by atoms with Gasteiger partial charge in [-0.2, -0.15) is 5.10 Å². The number of hydrogen-bond acceptors (Lipinski definition) is 5. The Labute approximate surface area is 119 Å². The molecule has 5 nitrogen and oxygen atoms in total. The number of pyridine rings is 1. The lowest BCUT2D eigenvalue weighted by Gasteiger charge is -2.19. The van der Waals surface area contributed by atoms with E-state index >= 15 is 0 Å². The summed E-state index contributed by atoms with van der Waals surface area (Å²) < 4.78 is 0. The van der Waals surface area contributed by atoms with E-state index in [2.05, 4.69) is 20.8 Å². The van der Waals surface area contributed by atoms with E-state index in [1.807, 2.05) is 36.4 Å². The van der Waals surface area contributed by atoms with Gasteiger partial charge in [-0.25, -0.2) is 0 Å². The molecular weight excluding hydrogens is 272 g/mol. The predicted octanol–water partition coefficient (Wildman–Crippen LogP) is 1.88. The molecule has 0 radical (unpaired) electrons. The van der Waals surface area contributed by atoms with Crippen LogP contribution in [-0.2, 0) is 9.67 Å². The summed E-state index contributed by atoms with van der Waals surface area (Å²) in [6.45, 7) is 0. The van der Waals surface area contributed by atoms with Crippen LogP contribution in [0.2, 0.25) is 0 Å². The molecule has 20 heavy (non-hydrogen) atoms. The van der Waals surface area contributed by atoms with Crippen LogP contribution in [0.5, 0.6) is 0 Å². The van der Waals surface area contributed by atoms with E-state index < -0.39 is 4.87 Å². The molecule has 0 saturated heterocycles. The second-order valence-electron chi connectivity index (χ2n) is 4.55. The van der Waals surface area contributed by atoms with Crippen molar-refractivity contribution in [1.82, 2.24) is 10.4 Å². The lowest BCUT2D eigenvalue weighted by atomic mass is 10.1. The number of aromatic nitrogens is 1. The molecule has 4 rings (SSSR count). The van der Waals surface area contributed by atoms with Crippen molar-refractivity contribution in [3.8, 4) is 0 Å². The number of carbonyl (C=O) groups is 1. The monoisotopic (exact) mass is 282 g/mol. The number of rotatable bonds is 1. The van der Waals surface area contributed by atoms with Crippen molar-refractivity contribution in [2.45, 2.75) is 4.87 Å². The van der Waals surface area contributed by atoms with E-state index in [1.54, 1.807) is 12.4 Å². The highest BCUT2D eigenvalue weighted by Gasteiger charge is 2.51. The van der Waals surface area contributed by atoms with Crippen molar-refractivity contribution in [3.05, 3.63) is 59.9 Å². The molecule has 0 fully saturated rings. The Bertz CT molecular complexity index is 731. The Hall–Kier alpha value is -2.34. The molecule has 2 aliphatic heterocycles. The van der Waals surface area contributed by atoms with Crippen molar-refractivity contribution < 1.29 is 4.79 Å². The van der Waals surface area contributed by atoms with Crippen LogP contribution in [0.3, 0.4) is 0 Å². The highest BCUT2D eigenvalue weighted by Crippen LogP contribution is 2.47. The number of amides is 1. The average Bonchev–Trinajstić information content (AvgIpc) is 3.05. The predicted molar refractivity (Wildman–Crippen MR) is 78.3 cm³/mol. The molecule has 0 bridgehead atoms. The molecule has 2 N–H and O–H groups in total. The zero-order valence-corrected chi connectivity index (χ0v) is 11.1. The fraction of sp³-hybridized carbons (Fsp3) is 0.0714. The third kappa shape index (κ3) is 1.48. The number of anilines is 1. The number of carbonyl (C=O) groups excluding carboxylic acids is 1. The zero-order chi connectivity index (χ0) is 13.6. The van der Waals surface area contributed by atoms with Crippen LogP contribution in [0, 0.1) is 0 Å². The lowest BCUT2D eigenvalue weighted by Crippen LogP contribution is -2.39. The summed E-state index contributed by atoms with van der Waals surface area (Å²) in [6.07, 6.45) is 3.43. The summed E-state index contributed by atoms with van der Waals surface area (Å²) in [5.74, 6) is -0.0866. The van der Waals surface area contributed by atoms with Gasteiger partial charge >= 0.3 is 0 Å². The van der Waals surface area contributed by atoms with Crippen LogP contribution in [0.4, 0.5) is 5.69 Å². The number of fused-ring (bicyclic) bond motifs is 2. The summed E-state index contributed by atoms with van der Waals surface area (Å²) in [5.41, 5.74) is 5.71. The van der Waals surface area contributed by atoms with Gasteiger partial charge in [0.2, 0.25) is 4.87 Å². The zero-order valence-electron chi connectivity index (χ0n) is 10.3. The normalized spacial score (nSPS) is 23.2. The average molecular weight is 282 g/mol. The highest BCUT2D eigenvalue weighted by atomic mass is 32.2. The second kappa shape index (κ2) is 4.08. The van der Waals surface area contributed by atoms with Gasteiger partial charge < -0.3 is 5.32 Å². The quantitative estimate of drug-likeness (QED) is 0.838. The molecule has 6 heteroatoms. The minimum atomic E-state index is -0.852. The molecular formula is C14H10N4OS. The Morgan fingerprint density at radius 1 is 1.10 bits per heavy atom. The van der Waals surface area contributed by atoms with Crippen LogP contribution in [0.15, 0.2) is 53.9 Å². The van der Waals surface area contributed by atoms with E-state index in [0.717, 1.165) is 21.9 Å². The fourth-order valence-corrected chi connectivity index (χ4v) is 3.54. The Kier molecular flexibility index (Phi) is 2.34. The minimum absolute atomic E-state index is 0.0866. The largest absolute Gasteiger partial charge is 0.323 e. The molecule has 2 aromatic rings. The molecule has 3 heterocycles. The second-order valence-corrected chi connectivity index (χ2v) is 5.75. The van der Waals surface area contributed by atoms with Crippen molar-refractivity contribution >= 4 is 28.4 Å². The summed E-state index contributed by atoms with van der Waals surface area (Å²) in [6, 6.07) is 11.4. The van der Waals surface area contributed by atoms with Crippen LogP contribution < -0.4 is 10.7 Å². The van der Waals surface area contributed by atoms with Crippen molar-refractivity contribution in [3.63, 3.8) is 0 Å². The summed E-state index contributed by atoms with van der Waals surface area (Å²) >= 11 is 1.42. The number of benzene rings is 1. The number of hydrogen-bond donors (Lipinski definition) is 2. The van der Waals surface area contributed by atoms with Gasteiger partial charge in [-0.3, -0.25) is 15.2 Å². The maximum atomic E-state index is 12.4. The van der Waals surface area contributed by atoms with Crippen LogP contribution in [0.25, 0.3) is 0 Å². The van der Waals surface area contributed by atoms with E-state index in [1.165, 1.54) is 11.8 Å². The van der Waals surface area contributed by atoms with Gasteiger partial charge in [0, 0.05) is 29.2 Å². The summed E-state index contributed by atoms with van der Waals surface area (Å²) in [7, 11) is 0. The Balaban J connectivity index is 1.74. The molecule has 1 aromatic heterocycles. The van der Waals surface area contributed by atoms with Gasteiger partial charge in [0.15, 0.2) is 0 Å².